The number of nitrogens with zero attached hydrogens (tertiary/aromatic N) is 3. The van der Waals surface area contributed by atoms with Crippen LogP contribution in [0.2, 0.25) is 0 Å². The molecule has 1 aromatic rings. The Hall–Kier alpha value is -0.900. The second kappa shape index (κ2) is 4.30. The van der Waals surface area contributed by atoms with E-state index in [4.69, 9.17) is 0 Å². The molecule has 4 aliphatic carbocycles. The van der Waals surface area contributed by atoms with Gasteiger partial charge in [-0.2, -0.15) is 0 Å². The Morgan fingerprint density at radius 3 is 2.32 bits per heavy atom. The monoisotopic (exact) mass is 260 g/mol. The molecule has 0 amide bonds. The second-order valence-corrected chi connectivity index (χ2v) is 7.02. The van der Waals surface area contributed by atoms with Crippen LogP contribution in [-0.4, -0.2) is 22.0 Å². The largest absolute Gasteiger partial charge is 0.314 e. The minimum absolute atomic E-state index is 0.644. The highest BCUT2D eigenvalue weighted by atomic mass is 15.4. The van der Waals surface area contributed by atoms with Crippen LogP contribution in [0, 0.1) is 30.6 Å². The van der Waals surface area contributed by atoms with Crippen LogP contribution in [0.4, 0.5) is 0 Å². The van der Waals surface area contributed by atoms with Gasteiger partial charge >= 0.3 is 0 Å². The topological polar surface area (TPSA) is 42.7 Å². The normalized spacial score (nSPS) is 40.0. The van der Waals surface area contributed by atoms with Gasteiger partial charge in [0, 0.05) is 6.54 Å². The van der Waals surface area contributed by atoms with Gasteiger partial charge in [0.2, 0.25) is 0 Å². The Labute approximate surface area is 115 Å². The molecule has 104 valence electrons. The zero-order valence-corrected chi connectivity index (χ0v) is 12.0. The van der Waals surface area contributed by atoms with Crippen molar-refractivity contribution >= 4 is 0 Å². The minimum atomic E-state index is 0.644. The first-order chi connectivity index (χ1) is 9.26. The average Bonchev–Trinajstić information content (AvgIpc) is 2.71. The summed E-state index contributed by atoms with van der Waals surface area (Å²) >= 11 is 0. The number of hydrogen-bond acceptors (Lipinski definition) is 3. The molecular weight excluding hydrogens is 236 g/mol. The highest BCUT2D eigenvalue weighted by Gasteiger charge is 2.49. The molecule has 0 spiro atoms. The van der Waals surface area contributed by atoms with Crippen LogP contribution in [0.3, 0.4) is 0 Å². The first-order valence-electron chi connectivity index (χ1n) is 7.81. The number of hydrogen-bond donors (Lipinski definition) is 1. The van der Waals surface area contributed by atoms with Crippen molar-refractivity contribution in [2.75, 3.05) is 7.05 Å². The smallest absolute Gasteiger partial charge is 0.0993 e. The van der Waals surface area contributed by atoms with Crippen LogP contribution in [0.5, 0.6) is 0 Å². The molecular formula is C15H24N4. The summed E-state index contributed by atoms with van der Waals surface area (Å²) in [6.07, 6.45) is 7.29. The van der Waals surface area contributed by atoms with Crippen molar-refractivity contribution in [2.45, 2.75) is 51.6 Å². The number of aromatic nitrogens is 3. The van der Waals surface area contributed by atoms with Gasteiger partial charge in [-0.3, -0.25) is 0 Å². The van der Waals surface area contributed by atoms with Crippen molar-refractivity contribution in [1.29, 1.82) is 0 Å². The summed E-state index contributed by atoms with van der Waals surface area (Å²) in [6, 6.07) is 0.644. The molecule has 5 rings (SSSR count). The van der Waals surface area contributed by atoms with E-state index in [0.717, 1.165) is 35.9 Å². The Morgan fingerprint density at radius 2 is 1.74 bits per heavy atom. The molecule has 4 fully saturated rings. The van der Waals surface area contributed by atoms with Gasteiger partial charge in [0.25, 0.3) is 0 Å². The van der Waals surface area contributed by atoms with E-state index < -0.39 is 0 Å². The lowest BCUT2D eigenvalue weighted by atomic mass is 9.54. The zero-order chi connectivity index (χ0) is 13.0. The molecule has 1 N–H and O–H groups in total. The average molecular weight is 260 g/mol. The molecule has 0 atom stereocenters. The molecule has 1 aromatic heterocycles. The van der Waals surface area contributed by atoms with Crippen LogP contribution in [0.15, 0.2) is 0 Å². The maximum absolute atomic E-state index is 4.51. The van der Waals surface area contributed by atoms with E-state index in [2.05, 4.69) is 27.2 Å². The van der Waals surface area contributed by atoms with Gasteiger partial charge in [-0.15, -0.1) is 5.10 Å². The van der Waals surface area contributed by atoms with Crippen LogP contribution < -0.4 is 5.32 Å². The highest BCUT2D eigenvalue weighted by Crippen LogP contribution is 2.58. The van der Waals surface area contributed by atoms with Crippen LogP contribution in [-0.2, 0) is 6.54 Å². The third-order valence-electron chi connectivity index (χ3n) is 5.83. The van der Waals surface area contributed by atoms with Crippen LogP contribution >= 0.6 is 0 Å². The first-order valence-corrected chi connectivity index (χ1v) is 7.81. The van der Waals surface area contributed by atoms with Crippen LogP contribution in [0.25, 0.3) is 0 Å². The lowest BCUT2D eigenvalue weighted by Gasteiger charge is -2.54. The van der Waals surface area contributed by atoms with E-state index in [0.29, 0.717) is 6.04 Å². The lowest BCUT2D eigenvalue weighted by Crippen LogP contribution is -2.46. The molecule has 19 heavy (non-hydrogen) atoms. The van der Waals surface area contributed by atoms with Crippen molar-refractivity contribution < 1.29 is 0 Å². The van der Waals surface area contributed by atoms with Gasteiger partial charge in [-0.25, -0.2) is 4.68 Å². The predicted octanol–water partition coefficient (Wildman–Crippen LogP) is 2.30. The SMILES string of the molecule is CNCc1nnn(C2C3CC4CC(C3)CC2C4)c1C. The molecule has 1 heterocycles. The van der Waals surface area contributed by atoms with Gasteiger partial charge in [0.15, 0.2) is 0 Å². The van der Waals surface area contributed by atoms with Gasteiger partial charge in [-0.1, -0.05) is 5.21 Å². The van der Waals surface area contributed by atoms with Gasteiger partial charge in [-0.05, 0) is 69.7 Å². The third kappa shape index (κ3) is 1.76. The summed E-state index contributed by atoms with van der Waals surface area (Å²) in [5, 5.41) is 12.1. The fourth-order valence-electron chi connectivity index (χ4n) is 5.28. The molecule has 0 saturated heterocycles. The van der Waals surface area contributed by atoms with Crippen LogP contribution in [0.1, 0.15) is 49.5 Å². The Bertz CT molecular complexity index is 450. The maximum atomic E-state index is 4.51. The van der Waals surface area contributed by atoms with Gasteiger partial charge < -0.3 is 5.32 Å². The third-order valence-corrected chi connectivity index (χ3v) is 5.83. The lowest BCUT2D eigenvalue weighted by molar-refractivity contribution is -0.0350. The molecule has 4 nitrogen and oxygen atoms in total. The van der Waals surface area contributed by atoms with E-state index in [1.54, 1.807) is 0 Å². The maximum Gasteiger partial charge on any atom is 0.0993 e. The summed E-state index contributed by atoms with van der Waals surface area (Å²) in [5.74, 6) is 3.80. The first kappa shape index (κ1) is 11.9. The number of nitrogens with one attached hydrogen (secondary N) is 1. The van der Waals surface area contributed by atoms with E-state index in [1.165, 1.54) is 37.8 Å². The Balaban J connectivity index is 1.65. The predicted molar refractivity (Wildman–Crippen MR) is 73.6 cm³/mol. The molecule has 4 saturated carbocycles. The van der Waals surface area contributed by atoms with Crippen molar-refractivity contribution in [2.24, 2.45) is 23.7 Å². The van der Waals surface area contributed by atoms with E-state index in [1.807, 2.05) is 7.05 Å². The molecule has 4 aliphatic rings. The van der Waals surface area contributed by atoms with E-state index in [9.17, 15) is 0 Å². The fourth-order valence-corrected chi connectivity index (χ4v) is 5.28. The second-order valence-electron chi connectivity index (χ2n) is 7.02. The molecule has 0 unspecified atom stereocenters. The Kier molecular flexibility index (Phi) is 2.69. The van der Waals surface area contributed by atoms with Gasteiger partial charge in [0.1, 0.15) is 0 Å². The van der Waals surface area contributed by atoms with E-state index >= 15 is 0 Å². The molecule has 0 radical (unpaired) electrons. The van der Waals surface area contributed by atoms with Gasteiger partial charge in [0.05, 0.1) is 17.4 Å². The van der Waals surface area contributed by atoms with Crippen molar-refractivity contribution in [3.05, 3.63) is 11.4 Å². The van der Waals surface area contributed by atoms with Crippen molar-refractivity contribution in [1.82, 2.24) is 20.3 Å². The number of rotatable bonds is 3. The molecule has 4 bridgehead atoms. The van der Waals surface area contributed by atoms with Crippen molar-refractivity contribution in [3.63, 3.8) is 0 Å². The summed E-state index contributed by atoms with van der Waals surface area (Å²) in [7, 11) is 1.97. The Morgan fingerprint density at radius 1 is 1.11 bits per heavy atom. The minimum Gasteiger partial charge on any atom is -0.314 e. The quantitative estimate of drug-likeness (QED) is 0.907. The summed E-state index contributed by atoms with van der Waals surface area (Å²) in [6.45, 7) is 3.02. The summed E-state index contributed by atoms with van der Waals surface area (Å²) in [5.41, 5.74) is 2.41. The van der Waals surface area contributed by atoms with Crippen molar-refractivity contribution in [3.8, 4) is 0 Å². The summed E-state index contributed by atoms with van der Waals surface area (Å²) < 4.78 is 2.28. The summed E-state index contributed by atoms with van der Waals surface area (Å²) in [4.78, 5) is 0. The molecule has 0 aliphatic heterocycles. The van der Waals surface area contributed by atoms with E-state index in [-0.39, 0.29) is 0 Å². The molecule has 4 heteroatoms. The molecule has 0 aromatic carbocycles. The fraction of sp³-hybridized carbons (Fsp3) is 0.867. The standard InChI is InChI=1S/C15H24N4/c1-9-14(8-16-2)17-18-19(9)15-12-4-10-3-11(6-12)7-13(15)5-10/h10-13,15-16H,3-8H2,1-2H3. The zero-order valence-electron chi connectivity index (χ0n) is 12.0. The highest BCUT2D eigenvalue weighted by molar-refractivity contribution is 5.11.